The second-order valence-electron chi connectivity index (χ2n) is 7.02. The molecule has 144 valence electrons. The number of aryl methyl sites for hydroxylation is 2. The van der Waals surface area contributed by atoms with E-state index in [1.807, 2.05) is 6.92 Å². The van der Waals surface area contributed by atoms with Crippen molar-refractivity contribution >= 4 is 29.9 Å². The predicted molar refractivity (Wildman–Crippen MR) is 114 cm³/mol. The van der Waals surface area contributed by atoms with Crippen LogP contribution in [0.15, 0.2) is 11.1 Å². The molecule has 0 bridgehead atoms. The van der Waals surface area contributed by atoms with Gasteiger partial charge in [0.25, 0.3) is 0 Å². The Morgan fingerprint density at radius 2 is 2.28 bits per heavy atom. The van der Waals surface area contributed by atoms with Crippen LogP contribution in [0.5, 0.6) is 0 Å². The van der Waals surface area contributed by atoms with Crippen LogP contribution in [0.3, 0.4) is 0 Å². The minimum Gasteiger partial charge on any atom is -0.381 e. The number of guanidine groups is 1. The van der Waals surface area contributed by atoms with Crippen molar-refractivity contribution in [2.75, 3.05) is 39.9 Å². The zero-order chi connectivity index (χ0) is 17.5. The fourth-order valence-corrected chi connectivity index (χ4v) is 3.13. The van der Waals surface area contributed by atoms with Crippen LogP contribution in [-0.2, 0) is 11.3 Å². The van der Waals surface area contributed by atoms with E-state index in [0.29, 0.717) is 11.8 Å². The molecule has 1 aromatic rings. The molecule has 0 aromatic carbocycles. The van der Waals surface area contributed by atoms with Crippen molar-refractivity contribution in [2.45, 2.75) is 40.7 Å². The van der Waals surface area contributed by atoms with Gasteiger partial charge in [-0.25, -0.2) is 0 Å². The van der Waals surface area contributed by atoms with Gasteiger partial charge in [-0.2, -0.15) is 5.10 Å². The van der Waals surface area contributed by atoms with Crippen LogP contribution in [0.2, 0.25) is 0 Å². The van der Waals surface area contributed by atoms with Gasteiger partial charge >= 0.3 is 0 Å². The Labute approximate surface area is 169 Å². The predicted octanol–water partition coefficient (Wildman–Crippen LogP) is 2.69. The minimum absolute atomic E-state index is 0. The van der Waals surface area contributed by atoms with Crippen molar-refractivity contribution in [3.8, 4) is 0 Å². The van der Waals surface area contributed by atoms with Crippen LogP contribution in [-0.4, -0.2) is 60.5 Å². The van der Waals surface area contributed by atoms with Crippen LogP contribution in [0, 0.1) is 25.7 Å². The summed E-state index contributed by atoms with van der Waals surface area (Å²) in [5, 5.41) is 7.95. The SMILES string of the molecule is CCNC(=NCC(C)Cn1nc(C)cc1C)N(C)CC1CCOC1.I. The molecule has 0 aliphatic carbocycles. The zero-order valence-corrected chi connectivity index (χ0v) is 18.6. The fraction of sp³-hybridized carbons (Fsp3) is 0.778. The lowest BCUT2D eigenvalue weighted by molar-refractivity contribution is 0.181. The first-order valence-electron chi connectivity index (χ1n) is 9.07. The van der Waals surface area contributed by atoms with E-state index in [-0.39, 0.29) is 24.0 Å². The molecule has 0 radical (unpaired) electrons. The highest BCUT2D eigenvalue weighted by Crippen LogP contribution is 2.13. The maximum absolute atomic E-state index is 5.48. The summed E-state index contributed by atoms with van der Waals surface area (Å²) in [5.41, 5.74) is 2.30. The summed E-state index contributed by atoms with van der Waals surface area (Å²) in [4.78, 5) is 7.07. The smallest absolute Gasteiger partial charge is 0.193 e. The third kappa shape index (κ3) is 7.13. The minimum atomic E-state index is 0. The lowest BCUT2D eigenvalue weighted by Crippen LogP contribution is -2.41. The van der Waals surface area contributed by atoms with E-state index < -0.39 is 0 Å². The van der Waals surface area contributed by atoms with Gasteiger partial charge in [-0.05, 0) is 39.2 Å². The average Bonchev–Trinajstić information content (AvgIpc) is 3.13. The Bertz CT molecular complexity index is 540. The van der Waals surface area contributed by atoms with Gasteiger partial charge in [-0.3, -0.25) is 9.67 Å². The highest BCUT2D eigenvalue weighted by molar-refractivity contribution is 14.0. The molecule has 1 saturated heterocycles. The molecule has 2 heterocycles. The Morgan fingerprint density at radius 1 is 1.52 bits per heavy atom. The van der Waals surface area contributed by atoms with Gasteiger partial charge < -0.3 is 15.0 Å². The monoisotopic (exact) mass is 463 g/mol. The number of aromatic nitrogens is 2. The Balaban J connectivity index is 0.00000312. The van der Waals surface area contributed by atoms with Crippen molar-refractivity contribution in [3.05, 3.63) is 17.5 Å². The summed E-state index contributed by atoms with van der Waals surface area (Å²) in [6, 6.07) is 2.12. The Kier molecular flexibility index (Phi) is 9.78. The summed E-state index contributed by atoms with van der Waals surface area (Å²) in [7, 11) is 2.12. The number of ether oxygens (including phenoxy) is 1. The molecule has 2 unspecified atom stereocenters. The molecule has 6 nitrogen and oxygen atoms in total. The van der Waals surface area contributed by atoms with Crippen LogP contribution in [0.25, 0.3) is 0 Å². The lowest BCUT2D eigenvalue weighted by Gasteiger charge is -2.25. The average molecular weight is 463 g/mol. The van der Waals surface area contributed by atoms with Crippen molar-refractivity contribution in [3.63, 3.8) is 0 Å². The molecule has 1 N–H and O–H groups in total. The first-order valence-corrected chi connectivity index (χ1v) is 9.07. The number of rotatable bonds is 7. The van der Waals surface area contributed by atoms with Crippen LogP contribution >= 0.6 is 24.0 Å². The number of hydrogen-bond acceptors (Lipinski definition) is 3. The number of hydrogen-bond donors (Lipinski definition) is 1. The molecule has 1 aliphatic rings. The van der Waals surface area contributed by atoms with Crippen molar-refractivity contribution < 1.29 is 4.74 Å². The summed E-state index contributed by atoms with van der Waals surface area (Å²) in [6.07, 6.45) is 1.15. The maximum atomic E-state index is 5.48. The lowest BCUT2D eigenvalue weighted by atomic mass is 10.1. The Morgan fingerprint density at radius 3 is 2.84 bits per heavy atom. The van der Waals surface area contributed by atoms with Crippen molar-refractivity contribution in [1.82, 2.24) is 20.0 Å². The summed E-state index contributed by atoms with van der Waals surface area (Å²) >= 11 is 0. The molecule has 7 heteroatoms. The molecular weight excluding hydrogens is 429 g/mol. The normalized spacial score (nSPS) is 18.8. The quantitative estimate of drug-likeness (QED) is 0.384. The largest absolute Gasteiger partial charge is 0.381 e. The van der Waals surface area contributed by atoms with Crippen LogP contribution < -0.4 is 5.32 Å². The van der Waals surface area contributed by atoms with E-state index in [4.69, 9.17) is 9.73 Å². The van der Waals surface area contributed by atoms with Gasteiger partial charge in [0.2, 0.25) is 0 Å². The number of nitrogens with zero attached hydrogens (tertiary/aromatic N) is 4. The molecule has 0 amide bonds. The van der Waals surface area contributed by atoms with Gasteiger partial charge in [-0.15, -0.1) is 24.0 Å². The highest BCUT2D eigenvalue weighted by Gasteiger charge is 2.19. The summed E-state index contributed by atoms with van der Waals surface area (Å²) in [6.45, 7) is 13.8. The fourth-order valence-electron chi connectivity index (χ4n) is 3.13. The molecule has 0 saturated carbocycles. The van der Waals surface area contributed by atoms with Crippen molar-refractivity contribution in [2.24, 2.45) is 16.8 Å². The second kappa shape index (κ2) is 11.0. The first-order chi connectivity index (χ1) is 11.5. The van der Waals surface area contributed by atoms with Crippen molar-refractivity contribution in [1.29, 1.82) is 0 Å². The van der Waals surface area contributed by atoms with E-state index in [2.05, 4.69) is 53.9 Å². The maximum Gasteiger partial charge on any atom is 0.193 e. The zero-order valence-electron chi connectivity index (χ0n) is 16.3. The molecule has 1 fully saturated rings. The summed E-state index contributed by atoms with van der Waals surface area (Å²) < 4.78 is 7.56. The van der Waals surface area contributed by atoms with Crippen LogP contribution in [0.1, 0.15) is 31.7 Å². The van der Waals surface area contributed by atoms with E-state index >= 15 is 0 Å². The van der Waals surface area contributed by atoms with Gasteiger partial charge in [0.05, 0.1) is 12.3 Å². The molecule has 1 aromatic heterocycles. The topological polar surface area (TPSA) is 54.7 Å². The third-order valence-corrected chi connectivity index (χ3v) is 4.39. The standard InChI is InChI=1S/C18H33N5O.HI/c1-6-19-18(22(5)12-17-7-8-24-13-17)20-10-14(2)11-23-16(4)9-15(3)21-23;/h9,14,17H,6-8,10-13H2,1-5H3,(H,19,20);1H. The van der Waals surface area contributed by atoms with Gasteiger partial charge in [0.1, 0.15) is 0 Å². The molecular formula is C18H34IN5O. The highest BCUT2D eigenvalue weighted by atomic mass is 127. The van der Waals surface area contributed by atoms with E-state index in [1.54, 1.807) is 0 Å². The second-order valence-corrected chi connectivity index (χ2v) is 7.02. The third-order valence-electron chi connectivity index (χ3n) is 4.39. The van der Waals surface area contributed by atoms with Crippen LogP contribution in [0.4, 0.5) is 0 Å². The van der Waals surface area contributed by atoms with Gasteiger partial charge in [0, 0.05) is 51.4 Å². The Hall–Kier alpha value is -0.830. The van der Waals surface area contributed by atoms with Gasteiger partial charge in [-0.1, -0.05) is 6.92 Å². The number of halogens is 1. The number of aliphatic imine (C=N–C) groups is 1. The summed E-state index contributed by atoms with van der Waals surface area (Å²) in [5.74, 6) is 2.05. The molecule has 25 heavy (non-hydrogen) atoms. The molecule has 2 rings (SSSR count). The molecule has 2 atom stereocenters. The van der Waals surface area contributed by atoms with Gasteiger partial charge in [0.15, 0.2) is 5.96 Å². The van der Waals surface area contributed by atoms with E-state index in [0.717, 1.165) is 57.5 Å². The first kappa shape index (κ1) is 22.2. The molecule has 0 spiro atoms. The van der Waals surface area contributed by atoms with E-state index in [9.17, 15) is 0 Å². The molecule has 1 aliphatic heterocycles. The number of nitrogens with one attached hydrogen (secondary N) is 1. The van der Waals surface area contributed by atoms with E-state index in [1.165, 1.54) is 5.69 Å².